The minimum Gasteiger partial charge on any atom is -0.457 e. The highest BCUT2D eigenvalue weighted by Gasteiger charge is 2.20. The number of esters is 1. The zero-order chi connectivity index (χ0) is 20.6. The zero-order valence-corrected chi connectivity index (χ0v) is 17.2. The summed E-state index contributed by atoms with van der Waals surface area (Å²) >= 11 is 1.07. The van der Waals surface area contributed by atoms with E-state index in [-0.39, 0.29) is 30.0 Å². The number of hydrogen-bond donors (Lipinski definition) is 1. The summed E-state index contributed by atoms with van der Waals surface area (Å²) in [4.78, 5) is 37.8. The smallest absolute Gasteiger partial charge is 0.326 e. The molecule has 1 saturated heterocycles. The Morgan fingerprint density at radius 3 is 2.72 bits per heavy atom. The van der Waals surface area contributed by atoms with E-state index in [1.165, 1.54) is 10.5 Å². The van der Waals surface area contributed by atoms with E-state index in [1.807, 2.05) is 24.3 Å². The third-order valence-corrected chi connectivity index (χ3v) is 5.52. The van der Waals surface area contributed by atoms with Gasteiger partial charge in [-0.05, 0) is 37.0 Å². The van der Waals surface area contributed by atoms with Crippen molar-refractivity contribution >= 4 is 34.8 Å². The van der Waals surface area contributed by atoms with E-state index in [0.29, 0.717) is 23.7 Å². The fourth-order valence-electron chi connectivity index (χ4n) is 2.96. The molecule has 0 aliphatic carbocycles. The van der Waals surface area contributed by atoms with Crippen LogP contribution in [-0.2, 0) is 27.4 Å². The van der Waals surface area contributed by atoms with Crippen molar-refractivity contribution in [3.05, 3.63) is 39.8 Å². The Labute approximate surface area is 173 Å². The maximum atomic E-state index is 12.3. The topological polar surface area (TPSA) is 101 Å². The predicted molar refractivity (Wildman–Crippen MR) is 109 cm³/mol. The first-order chi connectivity index (χ1) is 14.0. The first-order valence-electron chi connectivity index (χ1n) is 9.71. The molecule has 1 aliphatic rings. The molecule has 1 aromatic carbocycles. The van der Waals surface area contributed by atoms with E-state index in [1.54, 1.807) is 0 Å². The Morgan fingerprint density at radius 1 is 1.17 bits per heavy atom. The van der Waals surface area contributed by atoms with Crippen LogP contribution < -0.4 is 5.32 Å². The van der Waals surface area contributed by atoms with Crippen molar-refractivity contribution in [1.29, 1.82) is 0 Å². The number of carbonyl (C=O) groups is 3. The lowest BCUT2D eigenvalue weighted by Crippen LogP contribution is -2.35. The molecular weight excluding hydrogens is 392 g/mol. The van der Waals surface area contributed by atoms with Crippen LogP contribution in [0.2, 0.25) is 0 Å². The number of rotatable bonds is 7. The molecule has 0 atom stereocenters. The molecule has 0 bridgehead atoms. The molecule has 1 N–H and O–H groups in total. The van der Waals surface area contributed by atoms with E-state index < -0.39 is 5.97 Å². The highest BCUT2D eigenvalue weighted by molar-refractivity contribution is 7.13. The molecule has 8 nitrogen and oxygen atoms in total. The second-order valence-corrected chi connectivity index (χ2v) is 7.85. The first kappa shape index (κ1) is 20.9. The molecule has 1 aliphatic heterocycles. The third kappa shape index (κ3) is 6.08. The number of ether oxygens (including phenoxy) is 1. The van der Waals surface area contributed by atoms with Gasteiger partial charge in [0, 0.05) is 18.7 Å². The first-order valence-corrected chi connectivity index (χ1v) is 10.5. The lowest BCUT2D eigenvalue weighted by molar-refractivity contribution is -0.150. The minimum absolute atomic E-state index is 0.0127. The normalized spacial score (nSPS) is 14.4. The second kappa shape index (κ2) is 10.1. The van der Waals surface area contributed by atoms with Gasteiger partial charge in [-0.25, -0.2) is 0 Å². The van der Waals surface area contributed by atoms with Gasteiger partial charge in [0.25, 0.3) is 5.91 Å². The second-order valence-electron chi connectivity index (χ2n) is 6.79. The molecule has 2 amide bonds. The molecule has 2 heterocycles. The van der Waals surface area contributed by atoms with E-state index in [0.717, 1.165) is 37.0 Å². The Bertz CT molecular complexity index is 866. The molecule has 1 fully saturated rings. The summed E-state index contributed by atoms with van der Waals surface area (Å²) in [6, 6.07) is 7.58. The van der Waals surface area contributed by atoms with Gasteiger partial charge >= 0.3 is 5.97 Å². The van der Waals surface area contributed by atoms with Gasteiger partial charge in [-0.3, -0.25) is 14.4 Å². The summed E-state index contributed by atoms with van der Waals surface area (Å²) in [5.74, 6) is -0.863. The van der Waals surface area contributed by atoms with Gasteiger partial charge in [-0.15, -0.1) is 10.2 Å². The number of likely N-dealkylation sites (tertiary alicyclic amines) is 1. The molecular formula is C20H24N4O4S. The van der Waals surface area contributed by atoms with Gasteiger partial charge in [0.15, 0.2) is 5.01 Å². The molecule has 1 aromatic heterocycles. The van der Waals surface area contributed by atoms with Crippen molar-refractivity contribution in [1.82, 2.24) is 15.1 Å². The largest absolute Gasteiger partial charge is 0.457 e. The summed E-state index contributed by atoms with van der Waals surface area (Å²) < 4.78 is 5.20. The third-order valence-electron chi connectivity index (χ3n) is 4.63. The van der Waals surface area contributed by atoms with Gasteiger partial charge in [0.05, 0.1) is 0 Å². The fraction of sp³-hybridized carbons (Fsp3) is 0.450. The van der Waals surface area contributed by atoms with Crippen molar-refractivity contribution in [2.75, 3.05) is 18.4 Å². The Balaban J connectivity index is 1.48. The number of nitrogens with zero attached hydrogens (tertiary/aromatic N) is 3. The minimum atomic E-state index is -0.488. The highest BCUT2D eigenvalue weighted by Crippen LogP contribution is 2.16. The van der Waals surface area contributed by atoms with Gasteiger partial charge in [0.2, 0.25) is 10.9 Å². The van der Waals surface area contributed by atoms with Crippen LogP contribution in [0.1, 0.15) is 53.0 Å². The highest BCUT2D eigenvalue weighted by atomic mass is 32.1. The number of nitrogens with one attached hydrogen (secondary N) is 1. The summed E-state index contributed by atoms with van der Waals surface area (Å²) in [6.07, 6.45) is 4.16. The predicted octanol–water partition coefficient (Wildman–Crippen LogP) is 2.80. The van der Waals surface area contributed by atoms with Crippen LogP contribution in [0.3, 0.4) is 0 Å². The van der Waals surface area contributed by atoms with Gasteiger partial charge < -0.3 is 15.0 Å². The van der Waals surface area contributed by atoms with E-state index in [4.69, 9.17) is 4.74 Å². The number of anilines is 1. The zero-order valence-electron chi connectivity index (χ0n) is 16.3. The van der Waals surface area contributed by atoms with Crippen LogP contribution in [0.4, 0.5) is 5.69 Å². The van der Waals surface area contributed by atoms with Gasteiger partial charge in [-0.1, -0.05) is 36.8 Å². The Kier molecular flexibility index (Phi) is 7.29. The van der Waals surface area contributed by atoms with Crippen molar-refractivity contribution in [2.45, 2.75) is 45.6 Å². The number of aryl methyl sites for hydroxylation is 1. The molecule has 154 valence electrons. The molecule has 2 aromatic rings. The number of amides is 2. The number of aromatic nitrogens is 2. The average molecular weight is 417 g/mol. The molecule has 0 spiro atoms. The maximum absolute atomic E-state index is 12.3. The van der Waals surface area contributed by atoms with E-state index in [2.05, 4.69) is 22.4 Å². The molecule has 0 saturated carbocycles. The van der Waals surface area contributed by atoms with Gasteiger partial charge in [0.1, 0.15) is 13.2 Å². The van der Waals surface area contributed by atoms with Crippen LogP contribution in [0.5, 0.6) is 0 Å². The van der Waals surface area contributed by atoms with Crippen molar-refractivity contribution in [3.8, 4) is 0 Å². The maximum Gasteiger partial charge on any atom is 0.326 e. The van der Waals surface area contributed by atoms with Crippen LogP contribution in [-0.4, -0.2) is 46.0 Å². The molecule has 3 rings (SSSR count). The quantitative estimate of drug-likeness (QED) is 0.697. The standard InChI is InChI=1S/C20H24N4O4S/c1-2-14-7-9-15(10-8-14)21-19(27)20-23-22-16(29-20)13-28-18(26)12-24-11-5-3-4-6-17(24)25/h7-10H,2-6,11-13H2,1H3,(H,21,27). The fourth-order valence-corrected chi connectivity index (χ4v) is 3.61. The summed E-state index contributed by atoms with van der Waals surface area (Å²) in [6.45, 7) is 2.51. The number of carbonyl (C=O) groups excluding carboxylic acids is 3. The van der Waals surface area contributed by atoms with Crippen LogP contribution >= 0.6 is 11.3 Å². The Morgan fingerprint density at radius 2 is 1.97 bits per heavy atom. The molecule has 9 heteroatoms. The van der Waals surface area contributed by atoms with Crippen LogP contribution in [0.15, 0.2) is 24.3 Å². The van der Waals surface area contributed by atoms with E-state index >= 15 is 0 Å². The van der Waals surface area contributed by atoms with Crippen molar-refractivity contribution in [3.63, 3.8) is 0 Å². The molecule has 29 heavy (non-hydrogen) atoms. The van der Waals surface area contributed by atoms with Crippen molar-refractivity contribution < 1.29 is 19.1 Å². The lowest BCUT2D eigenvalue weighted by Gasteiger charge is -2.18. The average Bonchev–Trinajstić information content (AvgIpc) is 3.12. The number of benzene rings is 1. The summed E-state index contributed by atoms with van der Waals surface area (Å²) in [7, 11) is 0. The van der Waals surface area contributed by atoms with Crippen LogP contribution in [0.25, 0.3) is 0 Å². The monoisotopic (exact) mass is 416 g/mol. The molecule has 0 unspecified atom stereocenters. The van der Waals surface area contributed by atoms with Crippen LogP contribution in [0, 0.1) is 0 Å². The van der Waals surface area contributed by atoms with Crippen molar-refractivity contribution in [2.24, 2.45) is 0 Å². The lowest BCUT2D eigenvalue weighted by atomic mass is 10.1. The SMILES string of the molecule is CCc1ccc(NC(=O)c2nnc(COC(=O)CN3CCCCCC3=O)s2)cc1. The van der Waals surface area contributed by atoms with E-state index in [9.17, 15) is 14.4 Å². The summed E-state index contributed by atoms with van der Waals surface area (Å²) in [5.41, 5.74) is 1.86. The Hall–Kier alpha value is -2.81. The molecule has 0 radical (unpaired) electrons. The number of hydrogen-bond acceptors (Lipinski definition) is 7. The van der Waals surface area contributed by atoms with Gasteiger partial charge in [-0.2, -0.15) is 0 Å². The summed E-state index contributed by atoms with van der Waals surface area (Å²) in [5, 5.41) is 11.2.